The molecule has 10 heavy (non-hydrogen) atoms. The zero-order valence-electron chi connectivity index (χ0n) is 6.31. The fourth-order valence-electron chi connectivity index (χ4n) is 0.487. The van der Waals surface area contributed by atoms with Crippen molar-refractivity contribution in [2.24, 2.45) is 5.73 Å². The van der Waals surface area contributed by atoms with Crippen LogP contribution in [0.3, 0.4) is 0 Å². The standard InChI is InChI=1S/C8H13NO/c1-6(2)4-5-7(3)8(9)10/h1,3-5H2,2H3,(H2,9,10). The van der Waals surface area contributed by atoms with Gasteiger partial charge in [0.15, 0.2) is 0 Å². The molecule has 0 unspecified atom stereocenters. The van der Waals surface area contributed by atoms with E-state index >= 15 is 0 Å². The maximum atomic E-state index is 10.4. The van der Waals surface area contributed by atoms with E-state index in [0.29, 0.717) is 12.0 Å². The molecule has 0 aromatic rings. The van der Waals surface area contributed by atoms with E-state index in [-0.39, 0.29) is 0 Å². The third-order valence-corrected chi connectivity index (χ3v) is 1.20. The number of hydrogen-bond acceptors (Lipinski definition) is 1. The lowest BCUT2D eigenvalue weighted by Gasteiger charge is -1.98. The number of carbonyl (C=O) groups excluding carboxylic acids is 1. The van der Waals surface area contributed by atoms with Crippen molar-refractivity contribution < 1.29 is 4.79 Å². The van der Waals surface area contributed by atoms with Crippen LogP contribution in [0.25, 0.3) is 0 Å². The van der Waals surface area contributed by atoms with Crippen LogP contribution < -0.4 is 5.73 Å². The smallest absolute Gasteiger partial charge is 0.244 e. The van der Waals surface area contributed by atoms with Gasteiger partial charge in [-0.3, -0.25) is 4.79 Å². The Bertz CT molecular complexity index is 170. The van der Waals surface area contributed by atoms with E-state index in [0.717, 1.165) is 12.0 Å². The van der Waals surface area contributed by atoms with Crippen LogP contribution in [0, 0.1) is 0 Å². The lowest BCUT2D eigenvalue weighted by molar-refractivity contribution is -0.114. The number of primary amides is 1. The van der Waals surface area contributed by atoms with Gasteiger partial charge in [-0.1, -0.05) is 12.2 Å². The number of nitrogens with two attached hydrogens (primary N) is 1. The van der Waals surface area contributed by atoms with Gasteiger partial charge >= 0.3 is 0 Å². The second-order valence-corrected chi connectivity index (χ2v) is 2.42. The fraction of sp³-hybridized carbons (Fsp3) is 0.375. The summed E-state index contributed by atoms with van der Waals surface area (Å²) < 4.78 is 0. The maximum Gasteiger partial charge on any atom is 0.244 e. The molecule has 0 radical (unpaired) electrons. The molecule has 2 nitrogen and oxygen atoms in total. The summed E-state index contributed by atoms with van der Waals surface area (Å²) >= 11 is 0. The van der Waals surface area contributed by atoms with E-state index in [4.69, 9.17) is 5.73 Å². The van der Waals surface area contributed by atoms with Crippen molar-refractivity contribution in [3.63, 3.8) is 0 Å². The lowest BCUT2D eigenvalue weighted by Crippen LogP contribution is -2.12. The second kappa shape index (κ2) is 3.88. The Labute approximate surface area is 61.4 Å². The van der Waals surface area contributed by atoms with E-state index in [9.17, 15) is 4.79 Å². The third-order valence-electron chi connectivity index (χ3n) is 1.20. The molecule has 0 heterocycles. The highest BCUT2D eigenvalue weighted by molar-refractivity contribution is 5.91. The second-order valence-electron chi connectivity index (χ2n) is 2.42. The van der Waals surface area contributed by atoms with Crippen LogP contribution in [0.2, 0.25) is 0 Å². The first-order chi connectivity index (χ1) is 4.54. The lowest BCUT2D eigenvalue weighted by atomic mass is 10.1. The Hall–Kier alpha value is -1.05. The van der Waals surface area contributed by atoms with Crippen LogP contribution >= 0.6 is 0 Å². The van der Waals surface area contributed by atoms with Crippen LogP contribution in [-0.4, -0.2) is 5.91 Å². The van der Waals surface area contributed by atoms with Gasteiger partial charge in [-0.15, -0.1) is 6.58 Å². The van der Waals surface area contributed by atoms with Crippen molar-refractivity contribution in [2.75, 3.05) is 0 Å². The zero-order valence-corrected chi connectivity index (χ0v) is 6.31. The van der Waals surface area contributed by atoms with Crippen LogP contribution in [0.15, 0.2) is 24.3 Å². The molecule has 0 atom stereocenters. The van der Waals surface area contributed by atoms with E-state index < -0.39 is 5.91 Å². The summed E-state index contributed by atoms with van der Waals surface area (Å²) in [6, 6.07) is 0. The van der Waals surface area contributed by atoms with Gasteiger partial charge < -0.3 is 5.73 Å². The van der Waals surface area contributed by atoms with Crippen LogP contribution in [0.5, 0.6) is 0 Å². The minimum atomic E-state index is -0.416. The van der Waals surface area contributed by atoms with Crippen LogP contribution in [-0.2, 0) is 4.79 Å². The van der Waals surface area contributed by atoms with Gasteiger partial charge in [0.25, 0.3) is 0 Å². The molecular weight excluding hydrogens is 126 g/mol. The summed E-state index contributed by atoms with van der Waals surface area (Å²) in [5.41, 5.74) is 6.47. The number of hydrogen-bond donors (Lipinski definition) is 1. The molecule has 0 aliphatic heterocycles. The molecule has 0 fully saturated rings. The molecule has 0 spiro atoms. The largest absolute Gasteiger partial charge is 0.366 e. The van der Waals surface area contributed by atoms with Crippen molar-refractivity contribution in [1.82, 2.24) is 0 Å². The summed E-state index contributed by atoms with van der Waals surface area (Å²) in [4.78, 5) is 10.4. The Morgan fingerprint density at radius 1 is 1.40 bits per heavy atom. The Morgan fingerprint density at radius 3 is 2.20 bits per heavy atom. The normalized spacial score (nSPS) is 8.90. The summed E-state index contributed by atoms with van der Waals surface area (Å²) in [5, 5.41) is 0. The molecule has 0 saturated carbocycles. The van der Waals surface area contributed by atoms with Crippen molar-refractivity contribution in [1.29, 1.82) is 0 Å². The zero-order chi connectivity index (χ0) is 8.15. The summed E-state index contributed by atoms with van der Waals surface area (Å²) in [6.07, 6.45) is 1.42. The van der Waals surface area contributed by atoms with Gasteiger partial charge in [0.05, 0.1) is 0 Å². The van der Waals surface area contributed by atoms with E-state index in [2.05, 4.69) is 13.2 Å². The molecule has 2 N–H and O–H groups in total. The maximum absolute atomic E-state index is 10.4. The Balaban J connectivity index is 3.60. The van der Waals surface area contributed by atoms with Gasteiger partial charge in [0.1, 0.15) is 0 Å². The fourth-order valence-corrected chi connectivity index (χ4v) is 0.487. The molecule has 0 saturated heterocycles. The van der Waals surface area contributed by atoms with Crippen molar-refractivity contribution in [2.45, 2.75) is 19.8 Å². The van der Waals surface area contributed by atoms with Gasteiger partial charge in [-0.2, -0.15) is 0 Å². The van der Waals surface area contributed by atoms with Crippen molar-refractivity contribution >= 4 is 5.91 Å². The average molecular weight is 139 g/mol. The molecule has 0 rings (SSSR count). The topological polar surface area (TPSA) is 43.1 Å². The molecule has 0 aliphatic carbocycles. The average Bonchev–Trinajstić information content (AvgIpc) is 1.82. The van der Waals surface area contributed by atoms with Gasteiger partial charge in [-0.25, -0.2) is 0 Å². The molecule has 2 heteroatoms. The predicted octanol–water partition coefficient (Wildman–Crippen LogP) is 1.38. The number of allylic oxidation sites excluding steroid dienone is 1. The Kier molecular flexibility index (Phi) is 3.47. The minimum Gasteiger partial charge on any atom is -0.366 e. The molecule has 0 aromatic carbocycles. The third kappa shape index (κ3) is 3.89. The Morgan fingerprint density at radius 2 is 1.90 bits per heavy atom. The molecule has 56 valence electrons. The quantitative estimate of drug-likeness (QED) is 0.464. The van der Waals surface area contributed by atoms with Gasteiger partial charge in [0, 0.05) is 5.57 Å². The van der Waals surface area contributed by atoms with Crippen LogP contribution in [0.1, 0.15) is 19.8 Å². The minimum absolute atomic E-state index is 0.416. The summed E-state index contributed by atoms with van der Waals surface area (Å²) in [7, 11) is 0. The highest BCUT2D eigenvalue weighted by Gasteiger charge is 1.99. The molecular formula is C8H13NO. The van der Waals surface area contributed by atoms with Crippen LogP contribution in [0.4, 0.5) is 0 Å². The molecule has 0 aliphatic rings. The highest BCUT2D eigenvalue weighted by atomic mass is 16.1. The number of carbonyl (C=O) groups is 1. The molecule has 1 amide bonds. The molecule has 0 aromatic heterocycles. The highest BCUT2D eigenvalue weighted by Crippen LogP contribution is 2.06. The summed E-state index contributed by atoms with van der Waals surface area (Å²) in [5.74, 6) is -0.416. The van der Waals surface area contributed by atoms with E-state index in [1.807, 2.05) is 6.92 Å². The molecule has 0 bridgehead atoms. The van der Waals surface area contributed by atoms with E-state index in [1.165, 1.54) is 0 Å². The number of amides is 1. The van der Waals surface area contributed by atoms with Crippen molar-refractivity contribution in [3.05, 3.63) is 24.3 Å². The first-order valence-corrected chi connectivity index (χ1v) is 3.16. The van der Waals surface area contributed by atoms with Crippen molar-refractivity contribution in [3.8, 4) is 0 Å². The number of rotatable bonds is 4. The van der Waals surface area contributed by atoms with Gasteiger partial charge in [-0.05, 0) is 19.8 Å². The predicted molar refractivity (Wildman–Crippen MR) is 42.4 cm³/mol. The first-order valence-electron chi connectivity index (χ1n) is 3.16. The monoisotopic (exact) mass is 139 g/mol. The van der Waals surface area contributed by atoms with E-state index in [1.54, 1.807) is 0 Å². The SMILES string of the molecule is C=C(C)CCC(=C)C(N)=O. The first kappa shape index (κ1) is 8.95. The van der Waals surface area contributed by atoms with Gasteiger partial charge in [0.2, 0.25) is 5.91 Å². The summed E-state index contributed by atoms with van der Waals surface area (Å²) in [6.45, 7) is 9.11.